The van der Waals surface area contributed by atoms with Crippen LogP contribution in [0.25, 0.3) is 12.2 Å². The third-order valence-corrected chi connectivity index (χ3v) is 10.2. The van der Waals surface area contributed by atoms with Crippen molar-refractivity contribution in [2.45, 2.75) is 76.5 Å². The minimum atomic E-state index is -0.585. The number of ether oxygens (including phenoxy) is 1. The molecule has 0 fully saturated rings. The highest BCUT2D eigenvalue weighted by Gasteiger charge is 2.39. The third kappa shape index (κ3) is 5.66. The lowest BCUT2D eigenvalue weighted by atomic mass is 9.65. The molecule has 1 heterocycles. The molecule has 2 aromatic rings. The summed E-state index contributed by atoms with van der Waals surface area (Å²) in [6, 6.07) is 17.1. The van der Waals surface area contributed by atoms with Gasteiger partial charge in [0.2, 0.25) is 0 Å². The highest BCUT2D eigenvalue weighted by atomic mass is 16.5. The predicted molar refractivity (Wildman–Crippen MR) is 182 cm³/mol. The molecule has 0 aromatic heterocycles. The molecule has 1 N–H and O–H groups in total. The first-order chi connectivity index (χ1) is 21.6. The molecular formula is C40H44N2O2. The molecule has 7 rings (SSSR count). The van der Waals surface area contributed by atoms with Crippen molar-refractivity contribution in [3.8, 4) is 0 Å². The monoisotopic (exact) mass is 584 g/mol. The molecule has 0 bridgehead atoms. The highest BCUT2D eigenvalue weighted by molar-refractivity contribution is 6.11. The third-order valence-electron chi connectivity index (χ3n) is 10.2. The van der Waals surface area contributed by atoms with Crippen molar-refractivity contribution >= 4 is 23.7 Å². The number of nitrogens with zero attached hydrogens (tertiary/aromatic N) is 2. The predicted octanol–water partition coefficient (Wildman–Crippen LogP) is 8.83. The number of unbranched alkanes of at least 4 members (excludes halogenated alkanes) is 1. The average Bonchev–Trinajstić information content (AvgIpc) is 3.07. The van der Waals surface area contributed by atoms with E-state index in [1.165, 1.54) is 52.7 Å². The first-order valence-electron chi connectivity index (χ1n) is 16.7. The molecule has 0 radical (unpaired) electrons. The van der Waals surface area contributed by atoms with Crippen LogP contribution in [0.4, 0.5) is 0 Å². The van der Waals surface area contributed by atoms with E-state index in [4.69, 9.17) is 14.7 Å². The van der Waals surface area contributed by atoms with Crippen LogP contribution in [0.1, 0.15) is 86.6 Å². The van der Waals surface area contributed by atoms with Gasteiger partial charge in [-0.2, -0.15) is 0 Å². The van der Waals surface area contributed by atoms with Gasteiger partial charge in [0.25, 0.3) is 0 Å². The minimum absolute atomic E-state index is 0.0369. The van der Waals surface area contributed by atoms with Gasteiger partial charge >= 0.3 is 0 Å². The summed E-state index contributed by atoms with van der Waals surface area (Å²) in [6.45, 7) is 5.24. The molecule has 5 aliphatic rings. The summed E-state index contributed by atoms with van der Waals surface area (Å²) in [7, 11) is 0. The fourth-order valence-electron chi connectivity index (χ4n) is 7.63. The molecule has 7 atom stereocenters. The first-order valence-corrected chi connectivity index (χ1v) is 16.7. The van der Waals surface area contributed by atoms with Crippen molar-refractivity contribution in [2.24, 2.45) is 27.7 Å². The molecule has 2 aromatic carbocycles. The van der Waals surface area contributed by atoms with Gasteiger partial charge < -0.3 is 9.84 Å². The van der Waals surface area contributed by atoms with Crippen LogP contribution in [-0.4, -0.2) is 35.5 Å². The Morgan fingerprint density at radius 2 is 1.75 bits per heavy atom. The van der Waals surface area contributed by atoms with E-state index < -0.39 is 6.10 Å². The standard InChI is InChI=1S/C40H44N2O2/c1-3-5-10-26(4-2)25-44-31-19-22-34(37(43)23-31)40-41-35(27-11-7-6-8-12-27)24-36(42-40)32-20-17-30-16-15-28-13-9-14-29-18-21-33(32)39(30)38(28)29/h6-9,11-22,26,31,33-35,37,39,43H,3-5,10,23-25H2,1-2H3. The van der Waals surface area contributed by atoms with Crippen LogP contribution in [-0.2, 0) is 4.74 Å². The molecule has 226 valence electrons. The van der Waals surface area contributed by atoms with Crippen LogP contribution >= 0.6 is 0 Å². The fraction of sp³-hybridized carbons (Fsp3) is 0.400. The number of amidine groups is 1. The maximum Gasteiger partial charge on any atom is 0.133 e. The zero-order chi connectivity index (χ0) is 30.0. The number of aliphatic hydroxyl groups excluding tert-OH is 1. The zero-order valence-corrected chi connectivity index (χ0v) is 26.0. The lowest BCUT2D eigenvalue weighted by Gasteiger charge is -2.39. The first kappa shape index (κ1) is 29.1. The molecule has 0 spiro atoms. The van der Waals surface area contributed by atoms with Gasteiger partial charge in [0.1, 0.15) is 5.84 Å². The summed E-state index contributed by atoms with van der Waals surface area (Å²) in [5.74, 6) is 1.60. The maximum atomic E-state index is 11.5. The van der Waals surface area contributed by atoms with Gasteiger partial charge in [-0.05, 0) is 45.7 Å². The maximum absolute atomic E-state index is 11.5. The topological polar surface area (TPSA) is 54.2 Å². The minimum Gasteiger partial charge on any atom is -0.392 e. The number of allylic oxidation sites excluding steroid dienone is 6. The quantitative estimate of drug-likeness (QED) is 0.284. The van der Waals surface area contributed by atoms with Crippen molar-refractivity contribution < 1.29 is 9.84 Å². The molecule has 4 heteroatoms. The second-order valence-electron chi connectivity index (χ2n) is 13.0. The average molecular weight is 585 g/mol. The Morgan fingerprint density at radius 1 is 0.909 bits per heavy atom. The van der Waals surface area contributed by atoms with Crippen LogP contribution in [0.3, 0.4) is 0 Å². The van der Waals surface area contributed by atoms with E-state index in [1.807, 2.05) is 0 Å². The summed E-state index contributed by atoms with van der Waals surface area (Å²) < 4.78 is 6.31. The molecule has 1 aliphatic heterocycles. The van der Waals surface area contributed by atoms with Gasteiger partial charge in [0, 0.05) is 30.4 Å². The van der Waals surface area contributed by atoms with E-state index >= 15 is 0 Å². The van der Waals surface area contributed by atoms with E-state index in [-0.39, 0.29) is 24.0 Å². The van der Waals surface area contributed by atoms with Gasteiger partial charge in [-0.15, -0.1) is 0 Å². The highest BCUT2D eigenvalue weighted by Crippen LogP contribution is 2.50. The van der Waals surface area contributed by atoms with Crippen molar-refractivity contribution in [3.05, 3.63) is 118 Å². The Bertz CT molecular complexity index is 1590. The van der Waals surface area contributed by atoms with Gasteiger partial charge in [-0.3, -0.25) is 4.99 Å². The Morgan fingerprint density at radius 3 is 2.55 bits per heavy atom. The van der Waals surface area contributed by atoms with E-state index in [1.54, 1.807) is 0 Å². The molecule has 4 nitrogen and oxygen atoms in total. The SMILES string of the molecule is CCCCC(CC)COC1C=CC(C2=NC(c3ccccc3)CC(C3=CC=C4C=Cc5cccc6c5C4C3C=C6)=N2)C(O)C1. The molecule has 7 unspecified atom stereocenters. The van der Waals surface area contributed by atoms with E-state index in [2.05, 4.69) is 111 Å². The Kier molecular flexibility index (Phi) is 8.47. The molecular weight excluding hydrogens is 540 g/mol. The number of hydrogen-bond donors (Lipinski definition) is 1. The van der Waals surface area contributed by atoms with Gasteiger partial charge in [0.05, 0.1) is 30.8 Å². The van der Waals surface area contributed by atoms with Crippen LogP contribution in [0.15, 0.2) is 106 Å². The van der Waals surface area contributed by atoms with Crippen molar-refractivity contribution in [1.29, 1.82) is 0 Å². The number of hydrogen-bond acceptors (Lipinski definition) is 4. The molecule has 0 saturated heterocycles. The lowest BCUT2D eigenvalue weighted by molar-refractivity contribution is 0.00906. The Labute approximate surface area is 262 Å². The molecule has 4 aliphatic carbocycles. The molecule has 0 amide bonds. The van der Waals surface area contributed by atoms with Gasteiger partial charge in [-0.1, -0.05) is 130 Å². The van der Waals surface area contributed by atoms with Crippen molar-refractivity contribution in [1.82, 2.24) is 0 Å². The molecule has 0 saturated carbocycles. The van der Waals surface area contributed by atoms with E-state index in [0.29, 0.717) is 18.3 Å². The van der Waals surface area contributed by atoms with Crippen LogP contribution < -0.4 is 0 Å². The zero-order valence-electron chi connectivity index (χ0n) is 26.0. The second-order valence-corrected chi connectivity index (χ2v) is 13.0. The Hall–Kier alpha value is -3.60. The van der Waals surface area contributed by atoms with Crippen LogP contribution in [0.2, 0.25) is 0 Å². The largest absolute Gasteiger partial charge is 0.392 e. The molecule has 44 heavy (non-hydrogen) atoms. The number of rotatable bonds is 10. The Balaban J connectivity index is 1.18. The summed E-state index contributed by atoms with van der Waals surface area (Å²) in [5, 5.41) is 11.5. The number of aliphatic imine (C=N–C) groups is 2. The van der Waals surface area contributed by atoms with E-state index in [0.717, 1.165) is 31.0 Å². The van der Waals surface area contributed by atoms with Crippen LogP contribution in [0, 0.1) is 17.8 Å². The lowest BCUT2D eigenvalue weighted by Crippen LogP contribution is -2.36. The number of aliphatic hydroxyl groups is 1. The van der Waals surface area contributed by atoms with Gasteiger partial charge in [0.15, 0.2) is 0 Å². The van der Waals surface area contributed by atoms with Crippen LogP contribution in [0.5, 0.6) is 0 Å². The summed E-state index contributed by atoms with van der Waals surface area (Å²) in [6.07, 6.45) is 23.5. The summed E-state index contributed by atoms with van der Waals surface area (Å²) in [5.41, 5.74) is 8.98. The van der Waals surface area contributed by atoms with Crippen molar-refractivity contribution in [2.75, 3.05) is 6.61 Å². The van der Waals surface area contributed by atoms with Crippen molar-refractivity contribution in [3.63, 3.8) is 0 Å². The second kappa shape index (κ2) is 12.8. The normalized spacial score (nSPS) is 28.9. The summed E-state index contributed by atoms with van der Waals surface area (Å²) in [4.78, 5) is 10.5. The van der Waals surface area contributed by atoms with E-state index in [9.17, 15) is 5.11 Å². The smallest absolute Gasteiger partial charge is 0.133 e. The van der Waals surface area contributed by atoms with Gasteiger partial charge in [-0.25, -0.2) is 4.99 Å². The number of benzene rings is 2. The fourth-order valence-corrected chi connectivity index (χ4v) is 7.63. The summed E-state index contributed by atoms with van der Waals surface area (Å²) >= 11 is 0.